The van der Waals surface area contributed by atoms with E-state index in [0.29, 0.717) is 13.1 Å². The molecule has 6 nitrogen and oxygen atoms in total. The number of benzene rings is 1. The molecule has 2 aliphatic rings. The number of carbonyl (C=O) groups excluding carboxylic acids is 2. The summed E-state index contributed by atoms with van der Waals surface area (Å²) in [5, 5.41) is 3.07. The third-order valence-electron chi connectivity index (χ3n) is 6.45. The second kappa shape index (κ2) is 9.99. The molecule has 29 heavy (non-hydrogen) atoms. The molecule has 1 aromatic rings. The Morgan fingerprint density at radius 1 is 0.966 bits per heavy atom. The molecule has 0 unspecified atom stereocenters. The Balaban J connectivity index is 1.48. The lowest BCUT2D eigenvalue weighted by molar-refractivity contribution is -0.121. The second-order valence-corrected chi connectivity index (χ2v) is 8.42. The first kappa shape index (κ1) is 21.5. The van der Waals surface area contributed by atoms with E-state index in [4.69, 9.17) is 0 Å². The monoisotopic (exact) mass is 400 g/mol. The van der Waals surface area contributed by atoms with Crippen molar-refractivity contribution in [2.75, 3.05) is 49.5 Å². The Labute approximate surface area is 175 Å². The Morgan fingerprint density at radius 3 is 2.10 bits per heavy atom. The van der Waals surface area contributed by atoms with E-state index in [0.717, 1.165) is 50.6 Å². The maximum absolute atomic E-state index is 12.7. The van der Waals surface area contributed by atoms with E-state index in [9.17, 15) is 9.59 Å². The van der Waals surface area contributed by atoms with Gasteiger partial charge >= 0.3 is 6.03 Å². The molecule has 1 N–H and O–H groups in total. The Hall–Kier alpha value is -2.24. The second-order valence-electron chi connectivity index (χ2n) is 8.42. The van der Waals surface area contributed by atoms with Crippen LogP contribution in [0.3, 0.4) is 0 Å². The average molecular weight is 401 g/mol. The summed E-state index contributed by atoms with van der Waals surface area (Å²) in [6, 6.07) is 8.32. The number of nitrogens with zero attached hydrogens (tertiary/aromatic N) is 3. The minimum atomic E-state index is -0.0287. The lowest BCUT2D eigenvalue weighted by Gasteiger charge is -2.34. The topological polar surface area (TPSA) is 55.9 Å². The number of amides is 3. The Morgan fingerprint density at radius 2 is 1.55 bits per heavy atom. The van der Waals surface area contributed by atoms with E-state index < -0.39 is 0 Å². The van der Waals surface area contributed by atoms with Crippen LogP contribution in [-0.2, 0) is 4.79 Å². The summed E-state index contributed by atoms with van der Waals surface area (Å²) in [4.78, 5) is 31.3. The molecule has 3 amide bonds. The highest BCUT2D eigenvalue weighted by atomic mass is 16.2. The first-order valence-corrected chi connectivity index (χ1v) is 11.2. The maximum atomic E-state index is 12.7. The normalized spacial score (nSPS) is 18.6. The van der Waals surface area contributed by atoms with Crippen LogP contribution in [0.15, 0.2) is 24.3 Å². The molecule has 2 aliphatic heterocycles. The van der Waals surface area contributed by atoms with E-state index in [1.807, 2.05) is 35.8 Å². The number of nitrogens with one attached hydrogen (secondary N) is 1. The van der Waals surface area contributed by atoms with Crippen LogP contribution in [0.5, 0.6) is 0 Å². The van der Waals surface area contributed by atoms with Gasteiger partial charge in [0.1, 0.15) is 0 Å². The summed E-state index contributed by atoms with van der Waals surface area (Å²) in [6.45, 7) is 11.3. The van der Waals surface area contributed by atoms with Crippen LogP contribution in [0.1, 0.15) is 46.5 Å². The van der Waals surface area contributed by atoms with E-state index >= 15 is 0 Å². The molecule has 2 fully saturated rings. The van der Waals surface area contributed by atoms with E-state index in [2.05, 4.69) is 29.3 Å². The van der Waals surface area contributed by atoms with Gasteiger partial charge in [-0.2, -0.15) is 0 Å². The molecule has 2 saturated heterocycles. The average Bonchev–Trinajstić information content (AvgIpc) is 2.76. The fourth-order valence-electron chi connectivity index (χ4n) is 4.29. The molecule has 0 atom stereocenters. The lowest BCUT2D eigenvalue weighted by atomic mass is 9.96. The summed E-state index contributed by atoms with van der Waals surface area (Å²) in [6.07, 6.45) is 3.94. The molecule has 1 aromatic carbocycles. The number of piperidine rings is 2. The van der Waals surface area contributed by atoms with Gasteiger partial charge in [0.05, 0.1) is 0 Å². The zero-order chi connectivity index (χ0) is 20.8. The van der Waals surface area contributed by atoms with Crippen molar-refractivity contribution in [1.82, 2.24) is 9.80 Å². The largest absolute Gasteiger partial charge is 0.372 e. The van der Waals surface area contributed by atoms with Gasteiger partial charge in [0.15, 0.2) is 0 Å². The molecule has 0 aromatic heterocycles. The molecule has 0 saturated carbocycles. The number of rotatable bonds is 5. The summed E-state index contributed by atoms with van der Waals surface area (Å²) >= 11 is 0. The predicted octanol–water partition coefficient (Wildman–Crippen LogP) is 4.04. The molecule has 6 heteroatoms. The number of hydrogen-bond donors (Lipinski definition) is 1. The van der Waals surface area contributed by atoms with Crippen molar-refractivity contribution in [3.05, 3.63) is 24.3 Å². The number of likely N-dealkylation sites (tertiary alicyclic amines) is 1. The number of urea groups is 1. The van der Waals surface area contributed by atoms with Crippen molar-refractivity contribution >= 4 is 23.3 Å². The van der Waals surface area contributed by atoms with Crippen LogP contribution in [0.4, 0.5) is 16.2 Å². The molecule has 0 bridgehead atoms. The third kappa shape index (κ3) is 5.43. The molecular formula is C23H36N4O2. The van der Waals surface area contributed by atoms with Crippen molar-refractivity contribution in [3.63, 3.8) is 0 Å². The number of hydrogen-bond acceptors (Lipinski definition) is 3. The zero-order valence-corrected chi connectivity index (χ0v) is 18.2. The molecule has 2 heterocycles. The maximum Gasteiger partial charge on any atom is 0.319 e. The van der Waals surface area contributed by atoms with Crippen molar-refractivity contribution in [1.29, 1.82) is 0 Å². The van der Waals surface area contributed by atoms with Gasteiger partial charge in [0.2, 0.25) is 5.91 Å². The first-order valence-electron chi connectivity index (χ1n) is 11.2. The predicted molar refractivity (Wildman–Crippen MR) is 118 cm³/mol. The van der Waals surface area contributed by atoms with Crippen LogP contribution in [-0.4, -0.2) is 61.0 Å². The Kier molecular flexibility index (Phi) is 7.40. The van der Waals surface area contributed by atoms with Crippen LogP contribution >= 0.6 is 0 Å². The third-order valence-corrected chi connectivity index (χ3v) is 6.45. The standard InChI is InChI=1S/C23H36N4O2/c1-4-25(5-2)23(29)27-16-12-19(13-17-27)22(28)24-20-6-8-21(9-7-20)26-14-10-18(3)11-15-26/h6-9,18-19H,4-5,10-17H2,1-3H3,(H,24,28). The summed E-state index contributed by atoms with van der Waals surface area (Å²) in [5.74, 6) is 0.858. The van der Waals surface area contributed by atoms with Gasteiger partial charge in [-0.15, -0.1) is 0 Å². The molecule has 160 valence electrons. The van der Waals surface area contributed by atoms with Crippen molar-refractivity contribution in [2.45, 2.75) is 46.5 Å². The highest BCUT2D eigenvalue weighted by molar-refractivity contribution is 5.93. The summed E-state index contributed by atoms with van der Waals surface area (Å²) in [7, 11) is 0. The van der Waals surface area contributed by atoms with Crippen LogP contribution in [0.2, 0.25) is 0 Å². The fourth-order valence-corrected chi connectivity index (χ4v) is 4.29. The minimum Gasteiger partial charge on any atom is -0.372 e. The number of carbonyl (C=O) groups is 2. The quantitative estimate of drug-likeness (QED) is 0.812. The Bertz CT molecular complexity index is 671. The van der Waals surface area contributed by atoms with Crippen molar-refractivity contribution in [3.8, 4) is 0 Å². The van der Waals surface area contributed by atoms with Gasteiger partial charge in [-0.05, 0) is 69.7 Å². The van der Waals surface area contributed by atoms with Gasteiger partial charge in [-0.3, -0.25) is 4.79 Å². The van der Waals surface area contributed by atoms with Crippen molar-refractivity contribution < 1.29 is 9.59 Å². The van der Waals surface area contributed by atoms with Gasteiger partial charge in [-0.25, -0.2) is 4.79 Å². The highest BCUT2D eigenvalue weighted by Crippen LogP contribution is 2.25. The van der Waals surface area contributed by atoms with E-state index in [1.54, 1.807) is 0 Å². The van der Waals surface area contributed by atoms with E-state index in [1.165, 1.54) is 18.5 Å². The first-order chi connectivity index (χ1) is 14.0. The summed E-state index contributed by atoms with van der Waals surface area (Å²) in [5.41, 5.74) is 2.09. The molecule has 0 radical (unpaired) electrons. The number of anilines is 2. The fraction of sp³-hybridized carbons (Fsp3) is 0.652. The van der Waals surface area contributed by atoms with Crippen LogP contribution in [0, 0.1) is 11.8 Å². The smallest absolute Gasteiger partial charge is 0.319 e. The minimum absolute atomic E-state index is 0.0287. The SMILES string of the molecule is CCN(CC)C(=O)N1CCC(C(=O)Nc2ccc(N3CCC(C)CC3)cc2)CC1. The lowest BCUT2D eigenvalue weighted by Crippen LogP contribution is -2.47. The van der Waals surface area contributed by atoms with Gasteiger partial charge < -0.3 is 20.0 Å². The van der Waals surface area contributed by atoms with Crippen LogP contribution < -0.4 is 10.2 Å². The molecular weight excluding hydrogens is 364 g/mol. The summed E-state index contributed by atoms with van der Waals surface area (Å²) < 4.78 is 0. The van der Waals surface area contributed by atoms with E-state index in [-0.39, 0.29) is 17.9 Å². The van der Waals surface area contributed by atoms with Crippen molar-refractivity contribution in [2.24, 2.45) is 11.8 Å². The highest BCUT2D eigenvalue weighted by Gasteiger charge is 2.29. The van der Waals surface area contributed by atoms with Gasteiger partial charge in [0.25, 0.3) is 0 Å². The van der Waals surface area contributed by atoms with Gasteiger partial charge in [0, 0.05) is 56.6 Å². The zero-order valence-electron chi connectivity index (χ0n) is 18.2. The van der Waals surface area contributed by atoms with Gasteiger partial charge in [-0.1, -0.05) is 6.92 Å². The molecule has 3 rings (SSSR count). The molecule has 0 spiro atoms. The van der Waals surface area contributed by atoms with Crippen LogP contribution in [0.25, 0.3) is 0 Å². The molecule has 0 aliphatic carbocycles.